The van der Waals surface area contributed by atoms with E-state index in [0.29, 0.717) is 6.54 Å². The van der Waals surface area contributed by atoms with Crippen molar-refractivity contribution in [1.82, 2.24) is 0 Å². The first-order valence-electron chi connectivity index (χ1n) is 6.52. The van der Waals surface area contributed by atoms with Gasteiger partial charge in [0, 0.05) is 28.2 Å². The lowest BCUT2D eigenvalue weighted by molar-refractivity contribution is 0.357. The third-order valence-corrected chi connectivity index (χ3v) is 5.11. The van der Waals surface area contributed by atoms with Crippen LogP contribution >= 0.6 is 0 Å². The standard InChI is InChI=1S/C14H21NO2S/c1-11(4-7-15)18(16)9-6-12-2-3-14-13(10-12)5-8-17-14/h2-3,10-11H,4-9,15H2,1H3. The van der Waals surface area contributed by atoms with Crippen molar-refractivity contribution in [1.29, 1.82) is 0 Å². The van der Waals surface area contributed by atoms with E-state index < -0.39 is 10.8 Å². The number of hydrogen-bond donors (Lipinski definition) is 1. The van der Waals surface area contributed by atoms with Gasteiger partial charge in [-0.3, -0.25) is 4.21 Å². The molecule has 0 radical (unpaired) electrons. The number of fused-ring (bicyclic) bond motifs is 1. The molecule has 2 atom stereocenters. The fourth-order valence-corrected chi connectivity index (χ4v) is 3.42. The maximum atomic E-state index is 12.0. The number of benzene rings is 1. The topological polar surface area (TPSA) is 52.3 Å². The van der Waals surface area contributed by atoms with Crippen LogP contribution in [0.25, 0.3) is 0 Å². The Morgan fingerprint density at radius 3 is 3.11 bits per heavy atom. The van der Waals surface area contributed by atoms with Gasteiger partial charge in [-0.1, -0.05) is 19.1 Å². The highest BCUT2D eigenvalue weighted by Crippen LogP contribution is 2.26. The summed E-state index contributed by atoms with van der Waals surface area (Å²) in [7, 11) is -0.775. The lowest BCUT2D eigenvalue weighted by Crippen LogP contribution is -2.19. The molecule has 0 aliphatic carbocycles. The Bertz CT molecular complexity index is 434. The minimum atomic E-state index is -0.775. The molecular weight excluding hydrogens is 246 g/mol. The Morgan fingerprint density at radius 2 is 2.33 bits per heavy atom. The van der Waals surface area contributed by atoms with Crippen molar-refractivity contribution < 1.29 is 8.95 Å². The molecule has 1 aromatic rings. The average molecular weight is 267 g/mol. The Balaban J connectivity index is 1.88. The first kappa shape index (κ1) is 13.6. The monoisotopic (exact) mass is 267 g/mol. The van der Waals surface area contributed by atoms with Gasteiger partial charge in [0.15, 0.2) is 0 Å². The van der Waals surface area contributed by atoms with Gasteiger partial charge in [-0.2, -0.15) is 0 Å². The number of nitrogens with two attached hydrogens (primary N) is 1. The van der Waals surface area contributed by atoms with E-state index in [2.05, 4.69) is 12.1 Å². The van der Waals surface area contributed by atoms with Crippen molar-refractivity contribution in [2.45, 2.75) is 31.4 Å². The molecule has 2 unspecified atom stereocenters. The molecule has 4 heteroatoms. The zero-order valence-electron chi connectivity index (χ0n) is 10.9. The van der Waals surface area contributed by atoms with Crippen molar-refractivity contribution in [2.24, 2.45) is 5.73 Å². The van der Waals surface area contributed by atoms with Gasteiger partial charge in [0.25, 0.3) is 0 Å². The molecule has 0 saturated carbocycles. The van der Waals surface area contributed by atoms with E-state index >= 15 is 0 Å². The molecule has 0 amide bonds. The predicted molar refractivity (Wildman–Crippen MR) is 75.5 cm³/mol. The van der Waals surface area contributed by atoms with Crippen LogP contribution in [-0.2, 0) is 23.6 Å². The van der Waals surface area contributed by atoms with Gasteiger partial charge in [0.2, 0.25) is 0 Å². The number of aryl methyl sites for hydroxylation is 1. The first-order valence-corrected chi connectivity index (χ1v) is 7.90. The fourth-order valence-electron chi connectivity index (χ4n) is 2.18. The van der Waals surface area contributed by atoms with Crippen LogP contribution in [0.5, 0.6) is 5.75 Å². The van der Waals surface area contributed by atoms with Gasteiger partial charge < -0.3 is 10.5 Å². The summed E-state index contributed by atoms with van der Waals surface area (Å²) in [4.78, 5) is 0. The van der Waals surface area contributed by atoms with E-state index in [1.165, 1.54) is 11.1 Å². The van der Waals surface area contributed by atoms with Crippen LogP contribution in [0.15, 0.2) is 18.2 Å². The van der Waals surface area contributed by atoms with Gasteiger partial charge in [0.05, 0.1) is 6.61 Å². The molecule has 1 heterocycles. The lowest BCUT2D eigenvalue weighted by atomic mass is 10.1. The number of ether oxygens (including phenoxy) is 1. The van der Waals surface area contributed by atoms with E-state index in [-0.39, 0.29) is 5.25 Å². The van der Waals surface area contributed by atoms with E-state index in [1.54, 1.807) is 0 Å². The molecule has 3 nitrogen and oxygen atoms in total. The lowest BCUT2D eigenvalue weighted by Gasteiger charge is -2.10. The highest BCUT2D eigenvalue weighted by Gasteiger charge is 2.13. The van der Waals surface area contributed by atoms with Crippen LogP contribution in [0, 0.1) is 0 Å². The molecule has 1 aromatic carbocycles. The molecule has 1 aliphatic rings. The maximum Gasteiger partial charge on any atom is 0.122 e. The smallest absolute Gasteiger partial charge is 0.122 e. The SMILES string of the molecule is CC(CCN)S(=O)CCc1ccc2c(c1)CCO2. The summed E-state index contributed by atoms with van der Waals surface area (Å²) in [5.41, 5.74) is 8.03. The van der Waals surface area contributed by atoms with E-state index in [9.17, 15) is 4.21 Å². The average Bonchev–Trinajstić information content (AvgIpc) is 2.83. The zero-order valence-corrected chi connectivity index (χ0v) is 11.7. The number of hydrogen-bond acceptors (Lipinski definition) is 3. The molecule has 100 valence electrons. The summed E-state index contributed by atoms with van der Waals surface area (Å²) in [5.74, 6) is 1.73. The molecular formula is C14H21NO2S. The second kappa shape index (κ2) is 6.34. The second-order valence-electron chi connectivity index (χ2n) is 4.76. The molecule has 2 N–H and O–H groups in total. The first-order chi connectivity index (χ1) is 8.70. The van der Waals surface area contributed by atoms with Crippen molar-refractivity contribution in [3.05, 3.63) is 29.3 Å². The summed E-state index contributed by atoms with van der Waals surface area (Å²) < 4.78 is 17.4. The predicted octanol–water partition coefficient (Wildman–Crippen LogP) is 1.65. The van der Waals surface area contributed by atoms with E-state index in [1.807, 2.05) is 13.0 Å². The summed E-state index contributed by atoms with van der Waals surface area (Å²) in [6.07, 6.45) is 2.70. The van der Waals surface area contributed by atoms with Crippen LogP contribution in [0.3, 0.4) is 0 Å². The molecule has 1 aliphatic heterocycles. The minimum absolute atomic E-state index is 0.202. The van der Waals surface area contributed by atoms with Crippen molar-refractivity contribution in [2.75, 3.05) is 18.9 Å². The molecule has 0 spiro atoms. The van der Waals surface area contributed by atoms with E-state index in [0.717, 1.165) is 37.4 Å². The van der Waals surface area contributed by atoms with Crippen LogP contribution in [-0.4, -0.2) is 28.4 Å². The van der Waals surface area contributed by atoms with Crippen molar-refractivity contribution >= 4 is 10.8 Å². The van der Waals surface area contributed by atoms with Crippen LogP contribution in [0.4, 0.5) is 0 Å². The Morgan fingerprint density at radius 1 is 1.50 bits per heavy atom. The Labute approximate surface area is 111 Å². The normalized spacial score (nSPS) is 17.0. The van der Waals surface area contributed by atoms with Crippen molar-refractivity contribution in [3.8, 4) is 5.75 Å². The summed E-state index contributed by atoms with van der Waals surface area (Å²) in [6, 6.07) is 6.30. The van der Waals surface area contributed by atoms with Gasteiger partial charge >= 0.3 is 0 Å². The highest BCUT2D eigenvalue weighted by atomic mass is 32.2. The summed E-state index contributed by atoms with van der Waals surface area (Å²) in [5, 5.41) is 0.202. The van der Waals surface area contributed by atoms with Crippen LogP contribution in [0.1, 0.15) is 24.5 Å². The largest absolute Gasteiger partial charge is 0.493 e. The highest BCUT2D eigenvalue weighted by molar-refractivity contribution is 7.85. The zero-order chi connectivity index (χ0) is 13.0. The Hall–Kier alpha value is -0.870. The molecule has 0 bridgehead atoms. The van der Waals surface area contributed by atoms with Gasteiger partial charge in [-0.05, 0) is 36.6 Å². The third kappa shape index (κ3) is 3.33. The maximum absolute atomic E-state index is 12.0. The van der Waals surface area contributed by atoms with Gasteiger partial charge in [-0.25, -0.2) is 0 Å². The molecule has 0 aromatic heterocycles. The quantitative estimate of drug-likeness (QED) is 0.852. The summed E-state index contributed by atoms with van der Waals surface area (Å²) >= 11 is 0. The second-order valence-corrected chi connectivity index (χ2v) is 6.74. The molecule has 0 fully saturated rings. The minimum Gasteiger partial charge on any atom is -0.493 e. The molecule has 0 saturated heterocycles. The van der Waals surface area contributed by atoms with Crippen LogP contribution < -0.4 is 10.5 Å². The van der Waals surface area contributed by atoms with Crippen LogP contribution in [0.2, 0.25) is 0 Å². The van der Waals surface area contributed by atoms with E-state index in [4.69, 9.17) is 10.5 Å². The number of rotatable bonds is 6. The molecule has 2 rings (SSSR count). The van der Waals surface area contributed by atoms with Gasteiger partial charge in [-0.15, -0.1) is 0 Å². The fraction of sp³-hybridized carbons (Fsp3) is 0.571. The van der Waals surface area contributed by atoms with Crippen molar-refractivity contribution in [3.63, 3.8) is 0 Å². The Kier molecular flexibility index (Phi) is 4.78. The molecule has 18 heavy (non-hydrogen) atoms. The van der Waals surface area contributed by atoms with Gasteiger partial charge in [0.1, 0.15) is 5.75 Å². The third-order valence-electron chi connectivity index (χ3n) is 3.37. The summed E-state index contributed by atoms with van der Waals surface area (Å²) in [6.45, 7) is 3.42.